The summed E-state index contributed by atoms with van der Waals surface area (Å²) in [6.07, 6.45) is -4.08. The van der Waals surface area contributed by atoms with E-state index in [-0.39, 0.29) is 6.04 Å². The number of nitrogens with one attached hydrogen (secondary N) is 1. The summed E-state index contributed by atoms with van der Waals surface area (Å²) in [6, 6.07) is -0.371. The minimum Gasteiger partial charge on any atom is -0.333 e. The molecule has 2 heterocycles. The van der Waals surface area contributed by atoms with Crippen molar-refractivity contribution in [2.75, 3.05) is 0 Å². The molecule has 0 fully saturated rings. The van der Waals surface area contributed by atoms with Gasteiger partial charge in [0.1, 0.15) is 5.65 Å². The fourth-order valence-corrected chi connectivity index (χ4v) is 1.70. The number of alkyl halides is 3. The number of halogens is 4. The molecule has 20 heavy (non-hydrogen) atoms. The molecule has 0 aliphatic rings. The first-order chi connectivity index (χ1) is 9.12. The third kappa shape index (κ3) is 2.19. The van der Waals surface area contributed by atoms with Crippen LogP contribution in [0.1, 0.15) is 25.6 Å². The van der Waals surface area contributed by atoms with Gasteiger partial charge in [-0.1, -0.05) is 0 Å². The lowest BCUT2D eigenvalue weighted by molar-refractivity contribution is -0.143. The third-order valence-corrected chi connectivity index (χ3v) is 2.70. The van der Waals surface area contributed by atoms with Crippen molar-refractivity contribution in [3.63, 3.8) is 0 Å². The van der Waals surface area contributed by atoms with Gasteiger partial charge in [0.25, 0.3) is 0 Å². The number of rotatable bonds is 1. The Hall–Kier alpha value is -2.19. The van der Waals surface area contributed by atoms with Crippen LogP contribution in [0.15, 0.2) is 15.8 Å². The quantitative estimate of drug-likeness (QED) is 0.815. The Morgan fingerprint density at radius 1 is 1.30 bits per heavy atom. The van der Waals surface area contributed by atoms with Crippen molar-refractivity contribution < 1.29 is 17.6 Å². The van der Waals surface area contributed by atoms with Crippen LogP contribution in [-0.4, -0.2) is 14.5 Å². The van der Waals surface area contributed by atoms with E-state index in [1.54, 1.807) is 18.8 Å². The second-order valence-electron chi connectivity index (χ2n) is 4.43. The Kier molecular flexibility index (Phi) is 3.15. The largest absolute Gasteiger partial charge is 0.434 e. The van der Waals surface area contributed by atoms with Crippen molar-refractivity contribution in [3.8, 4) is 0 Å². The summed E-state index contributed by atoms with van der Waals surface area (Å²) < 4.78 is 52.1. The van der Waals surface area contributed by atoms with E-state index in [1.807, 2.05) is 0 Å². The lowest BCUT2D eigenvalue weighted by Gasteiger charge is -2.12. The summed E-state index contributed by atoms with van der Waals surface area (Å²) in [5.74, 6) is -1.94. The molecule has 0 spiro atoms. The third-order valence-electron chi connectivity index (χ3n) is 2.70. The van der Waals surface area contributed by atoms with Crippen molar-refractivity contribution in [1.29, 1.82) is 0 Å². The molecule has 0 aliphatic carbocycles. The average Bonchev–Trinajstić information content (AvgIpc) is 2.31. The van der Waals surface area contributed by atoms with Gasteiger partial charge >= 0.3 is 11.9 Å². The SMILES string of the molecule is CC(C)n1cc2c(=O)c(F)c(C(F)(F)F)[nH]c2nc1=O. The van der Waals surface area contributed by atoms with Gasteiger partial charge in [0, 0.05) is 12.2 Å². The Labute approximate surface area is 108 Å². The zero-order valence-electron chi connectivity index (χ0n) is 10.4. The van der Waals surface area contributed by atoms with Gasteiger partial charge in [0.15, 0.2) is 11.5 Å². The van der Waals surface area contributed by atoms with Crippen molar-refractivity contribution in [1.82, 2.24) is 14.5 Å². The molecule has 0 radical (unpaired) electrons. The minimum atomic E-state index is -5.08. The van der Waals surface area contributed by atoms with Crippen LogP contribution in [0.4, 0.5) is 17.6 Å². The highest BCUT2D eigenvalue weighted by molar-refractivity contribution is 5.73. The van der Waals surface area contributed by atoms with Crippen LogP contribution in [0.3, 0.4) is 0 Å². The maximum atomic E-state index is 13.5. The van der Waals surface area contributed by atoms with E-state index < -0.39 is 39.8 Å². The van der Waals surface area contributed by atoms with E-state index in [0.29, 0.717) is 0 Å². The second-order valence-corrected chi connectivity index (χ2v) is 4.43. The molecule has 2 aromatic heterocycles. The summed E-state index contributed by atoms with van der Waals surface area (Å²) in [6.45, 7) is 3.23. The predicted octanol–water partition coefficient (Wildman–Crippen LogP) is 1.82. The summed E-state index contributed by atoms with van der Waals surface area (Å²) in [5.41, 5.74) is -4.72. The second kappa shape index (κ2) is 4.43. The number of hydrogen-bond acceptors (Lipinski definition) is 3. The van der Waals surface area contributed by atoms with Crippen LogP contribution in [0.5, 0.6) is 0 Å². The van der Waals surface area contributed by atoms with E-state index in [1.165, 1.54) is 0 Å². The number of fused-ring (bicyclic) bond motifs is 1. The lowest BCUT2D eigenvalue weighted by atomic mass is 10.2. The molecule has 9 heteroatoms. The van der Waals surface area contributed by atoms with Gasteiger partial charge < -0.3 is 4.98 Å². The smallest absolute Gasteiger partial charge is 0.333 e. The molecular formula is C11H9F4N3O2. The Balaban J connectivity index is 2.92. The molecule has 0 saturated carbocycles. The van der Waals surface area contributed by atoms with E-state index >= 15 is 0 Å². The van der Waals surface area contributed by atoms with Gasteiger partial charge in [0.05, 0.1) is 5.39 Å². The average molecular weight is 291 g/mol. The molecule has 0 unspecified atom stereocenters. The minimum absolute atomic E-state index is 0.371. The molecule has 0 atom stereocenters. The van der Waals surface area contributed by atoms with Gasteiger partial charge in [-0.2, -0.15) is 18.2 Å². The van der Waals surface area contributed by atoms with Crippen LogP contribution in [-0.2, 0) is 6.18 Å². The lowest BCUT2D eigenvalue weighted by Crippen LogP contribution is -2.28. The van der Waals surface area contributed by atoms with Crippen molar-refractivity contribution in [3.05, 3.63) is 38.4 Å². The van der Waals surface area contributed by atoms with Crippen LogP contribution in [0.25, 0.3) is 11.0 Å². The fraction of sp³-hybridized carbons (Fsp3) is 0.364. The van der Waals surface area contributed by atoms with Gasteiger partial charge in [-0.15, -0.1) is 0 Å². The highest BCUT2D eigenvalue weighted by Gasteiger charge is 2.37. The molecule has 0 bridgehead atoms. The normalized spacial score (nSPS) is 12.3. The summed E-state index contributed by atoms with van der Waals surface area (Å²) in [5, 5.41) is -0.413. The highest BCUT2D eigenvalue weighted by Crippen LogP contribution is 2.29. The van der Waals surface area contributed by atoms with Gasteiger partial charge in [-0.3, -0.25) is 9.36 Å². The van der Waals surface area contributed by atoms with Crippen molar-refractivity contribution in [2.45, 2.75) is 26.1 Å². The number of pyridine rings is 1. The van der Waals surface area contributed by atoms with Crippen LogP contribution in [0.2, 0.25) is 0 Å². The molecule has 1 N–H and O–H groups in total. The molecule has 0 amide bonds. The molecular weight excluding hydrogens is 282 g/mol. The van der Waals surface area contributed by atoms with Crippen molar-refractivity contribution >= 4 is 11.0 Å². The zero-order valence-corrected chi connectivity index (χ0v) is 10.4. The number of aromatic amines is 1. The van der Waals surface area contributed by atoms with E-state index in [9.17, 15) is 27.2 Å². The zero-order chi connectivity index (χ0) is 15.2. The molecule has 0 aliphatic heterocycles. The molecule has 2 rings (SSSR count). The maximum absolute atomic E-state index is 13.5. The predicted molar refractivity (Wildman–Crippen MR) is 62.0 cm³/mol. The van der Waals surface area contributed by atoms with Gasteiger partial charge in [-0.25, -0.2) is 9.18 Å². The van der Waals surface area contributed by atoms with E-state index in [0.717, 1.165) is 10.8 Å². The molecule has 0 saturated heterocycles. The molecule has 5 nitrogen and oxygen atoms in total. The Morgan fingerprint density at radius 3 is 2.40 bits per heavy atom. The number of H-pyrrole nitrogens is 1. The van der Waals surface area contributed by atoms with Crippen LogP contribution in [0, 0.1) is 5.82 Å². The topological polar surface area (TPSA) is 67.8 Å². The first-order valence-electron chi connectivity index (χ1n) is 5.54. The molecule has 108 valence electrons. The van der Waals surface area contributed by atoms with Crippen molar-refractivity contribution in [2.24, 2.45) is 0 Å². The Bertz CT molecular complexity index is 789. The molecule has 2 aromatic rings. The maximum Gasteiger partial charge on any atom is 0.434 e. The van der Waals surface area contributed by atoms with E-state index in [2.05, 4.69) is 4.98 Å². The Morgan fingerprint density at radius 2 is 1.90 bits per heavy atom. The standard InChI is InChI=1S/C11H9F4N3O2/c1-4(2)18-3-5-7(19)6(12)8(11(13,14)15)16-9(5)17-10(18)20/h3-4H,1-2H3,(H,16,17,20). The monoisotopic (exact) mass is 291 g/mol. The summed E-state index contributed by atoms with van der Waals surface area (Å²) >= 11 is 0. The number of hydrogen-bond donors (Lipinski definition) is 1. The summed E-state index contributed by atoms with van der Waals surface area (Å²) in [7, 11) is 0. The first kappa shape index (κ1) is 14.2. The van der Waals surface area contributed by atoms with Gasteiger partial charge in [-0.05, 0) is 13.8 Å². The number of nitrogens with zero attached hydrogens (tertiary/aromatic N) is 2. The van der Waals surface area contributed by atoms with E-state index in [4.69, 9.17) is 0 Å². The molecule has 0 aromatic carbocycles. The number of aromatic nitrogens is 3. The first-order valence-corrected chi connectivity index (χ1v) is 5.54. The van der Waals surface area contributed by atoms with Crippen LogP contribution >= 0.6 is 0 Å². The highest BCUT2D eigenvalue weighted by atomic mass is 19.4. The fourth-order valence-electron chi connectivity index (χ4n) is 1.70. The van der Waals surface area contributed by atoms with Gasteiger partial charge in [0.2, 0.25) is 5.43 Å². The summed E-state index contributed by atoms with van der Waals surface area (Å²) in [4.78, 5) is 28.2. The van der Waals surface area contributed by atoms with Crippen LogP contribution < -0.4 is 11.1 Å².